The molecule has 0 bridgehead atoms. The van der Waals surface area contributed by atoms with Gasteiger partial charge < -0.3 is 9.64 Å². The minimum Gasteiger partial charge on any atom is -0.468 e. The molecule has 5 heteroatoms. The van der Waals surface area contributed by atoms with Crippen LogP contribution in [0.25, 0.3) is 0 Å². The van der Waals surface area contributed by atoms with Crippen molar-refractivity contribution in [1.82, 2.24) is 10.2 Å². The van der Waals surface area contributed by atoms with E-state index in [0.29, 0.717) is 0 Å². The van der Waals surface area contributed by atoms with Crippen LogP contribution in [0.15, 0.2) is 12.1 Å². The van der Waals surface area contributed by atoms with Gasteiger partial charge in [0.05, 0.1) is 7.11 Å². The average molecular weight is 256 g/mol. The van der Waals surface area contributed by atoms with E-state index in [4.69, 9.17) is 4.74 Å². The second-order valence-corrected chi connectivity index (χ2v) is 5.48. The predicted molar refractivity (Wildman–Crippen MR) is 70.4 cm³/mol. The molecule has 0 saturated carbocycles. The number of carbonyl (C=O) groups excluding carboxylic acids is 1. The van der Waals surface area contributed by atoms with Crippen LogP contribution in [0.2, 0.25) is 0 Å². The lowest BCUT2D eigenvalue weighted by Gasteiger charge is -2.17. The van der Waals surface area contributed by atoms with Gasteiger partial charge in [0.1, 0.15) is 6.04 Å². The van der Waals surface area contributed by atoms with Crippen molar-refractivity contribution in [3.63, 3.8) is 0 Å². The molecule has 0 spiro atoms. The lowest BCUT2D eigenvalue weighted by atomic mass is 10.2. The standard InChI is InChI=1S/C12H20N2O2S/c1-9-5-6-10(17-9)11(12(15)16-4)13-7-8-14(2)3/h5-6,11,13H,7-8H2,1-4H3. The maximum atomic E-state index is 11.7. The van der Waals surface area contributed by atoms with Gasteiger partial charge in [-0.05, 0) is 33.2 Å². The minimum atomic E-state index is -0.348. The maximum absolute atomic E-state index is 11.7. The Morgan fingerprint density at radius 3 is 2.71 bits per heavy atom. The van der Waals surface area contributed by atoms with E-state index in [9.17, 15) is 4.79 Å². The molecular weight excluding hydrogens is 236 g/mol. The van der Waals surface area contributed by atoms with Gasteiger partial charge in [-0.2, -0.15) is 0 Å². The molecule has 0 aliphatic rings. The number of nitrogens with zero attached hydrogens (tertiary/aromatic N) is 1. The molecule has 1 heterocycles. The molecule has 96 valence electrons. The molecule has 0 amide bonds. The summed E-state index contributed by atoms with van der Waals surface area (Å²) in [6.07, 6.45) is 0. The van der Waals surface area contributed by atoms with E-state index in [-0.39, 0.29) is 12.0 Å². The summed E-state index contributed by atoms with van der Waals surface area (Å²) in [4.78, 5) is 16.0. The zero-order valence-corrected chi connectivity index (χ0v) is 11.6. The third-order valence-corrected chi connectivity index (χ3v) is 3.46. The van der Waals surface area contributed by atoms with Gasteiger partial charge in [0, 0.05) is 22.8 Å². The predicted octanol–water partition coefficient (Wildman–Crippen LogP) is 1.42. The lowest BCUT2D eigenvalue weighted by molar-refractivity contribution is -0.143. The fourth-order valence-corrected chi connectivity index (χ4v) is 2.40. The first-order valence-corrected chi connectivity index (χ1v) is 6.38. The largest absolute Gasteiger partial charge is 0.468 e. The zero-order valence-electron chi connectivity index (χ0n) is 10.8. The van der Waals surface area contributed by atoms with Crippen LogP contribution in [0.4, 0.5) is 0 Å². The monoisotopic (exact) mass is 256 g/mol. The summed E-state index contributed by atoms with van der Waals surface area (Å²) in [7, 11) is 5.43. The summed E-state index contributed by atoms with van der Waals surface area (Å²) in [5.74, 6) is -0.231. The summed E-state index contributed by atoms with van der Waals surface area (Å²) in [5, 5.41) is 3.23. The molecule has 1 unspecified atom stereocenters. The number of methoxy groups -OCH3 is 1. The number of likely N-dealkylation sites (N-methyl/N-ethyl adjacent to an activating group) is 1. The number of aryl methyl sites for hydroxylation is 1. The van der Waals surface area contributed by atoms with Gasteiger partial charge in [0.2, 0.25) is 0 Å². The van der Waals surface area contributed by atoms with Gasteiger partial charge in [-0.1, -0.05) is 0 Å². The Kier molecular flexibility index (Phi) is 5.61. The first-order valence-electron chi connectivity index (χ1n) is 5.57. The first kappa shape index (κ1) is 14.2. The molecular formula is C12H20N2O2S. The van der Waals surface area contributed by atoms with Crippen LogP contribution in [0, 0.1) is 6.92 Å². The normalized spacial score (nSPS) is 12.8. The highest BCUT2D eigenvalue weighted by atomic mass is 32.1. The molecule has 0 aromatic carbocycles. The Morgan fingerprint density at radius 2 is 2.24 bits per heavy atom. The molecule has 0 fully saturated rings. The molecule has 1 rings (SSSR count). The van der Waals surface area contributed by atoms with Crippen molar-refractivity contribution < 1.29 is 9.53 Å². The van der Waals surface area contributed by atoms with E-state index in [2.05, 4.69) is 10.2 Å². The molecule has 0 aliphatic heterocycles. The fourth-order valence-electron chi connectivity index (χ4n) is 1.46. The van der Waals surface area contributed by atoms with Crippen molar-refractivity contribution in [2.24, 2.45) is 0 Å². The van der Waals surface area contributed by atoms with Gasteiger partial charge in [-0.25, -0.2) is 4.79 Å². The molecule has 0 radical (unpaired) electrons. The third-order valence-electron chi connectivity index (χ3n) is 2.39. The number of nitrogens with one attached hydrogen (secondary N) is 1. The quantitative estimate of drug-likeness (QED) is 0.782. The molecule has 4 nitrogen and oxygen atoms in total. The molecule has 1 N–H and O–H groups in total. The third kappa shape index (κ3) is 4.46. The average Bonchev–Trinajstić information content (AvgIpc) is 2.69. The molecule has 1 atom stereocenters. The van der Waals surface area contributed by atoms with Crippen LogP contribution in [0.1, 0.15) is 15.8 Å². The highest BCUT2D eigenvalue weighted by Crippen LogP contribution is 2.23. The van der Waals surface area contributed by atoms with E-state index in [0.717, 1.165) is 18.0 Å². The van der Waals surface area contributed by atoms with Crippen molar-refractivity contribution in [3.8, 4) is 0 Å². The number of rotatable bonds is 6. The summed E-state index contributed by atoms with van der Waals surface area (Å²) >= 11 is 1.62. The van der Waals surface area contributed by atoms with Crippen molar-refractivity contribution >= 4 is 17.3 Å². The lowest BCUT2D eigenvalue weighted by Crippen LogP contribution is -2.34. The summed E-state index contributed by atoms with van der Waals surface area (Å²) in [5.41, 5.74) is 0. The molecule has 0 saturated heterocycles. The summed E-state index contributed by atoms with van der Waals surface area (Å²) in [6.45, 7) is 3.67. The van der Waals surface area contributed by atoms with Crippen molar-refractivity contribution in [3.05, 3.63) is 21.9 Å². The van der Waals surface area contributed by atoms with Crippen LogP contribution in [0.3, 0.4) is 0 Å². The van der Waals surface area contributed by atoms with Gasteiger partial charge >= 0.3 is 5.97 Å². The first-order chi connectivity index (χ1) is 8.04. The maximum Gasteiger partial charge on any atom is 0.328 e. The van der Waals surface area contributed by atoms with Gasteiger partial charge in [-0.15, -0.1) is 11.3 Å². The highest BCUT2D eigenvalue weighted by molar-refractivity contribution is 7.12. The Bertz CT molecular complexity index is 363. The van der Waals surface area contributed by atoms with E-state index in [1.807, 2.05) is 33.2 Å². The molecule has 1 aromatic heterocycles. The smallest absolute Gasteiger partial charge is 0.328 e. The number of esters is 1. The second kappa shape index (κ2) is 6.74. The van der Waals surface area contributed by atoms with Crippen LogP contribution in [-0.4, -0.2) is 45.2 Å². The summed E-state index contributed by atoms with van der Waals surface area (Å²) in [6, 6.07) is 3.65. The van der Waals surface area contributed by atoms with E-state index in [1.165, 1.54) is 12.0 Å². The summed E-state index contributed by atoms with van der Waals surface area (Å²) < 4.78 is 4.83. The Labute approximate surface area is 107 Å². The Balaban J connectivity index is 2.64. The molecule has 17 heavy (non-hydrogen) atoms. The number of ether oxygens (including phenoxy) is 1. The number of hydrogen-bond acceptors (Lipinski definition) is 5. The molecule has 0 aliphatic carbocycles. The Hall–Kier alpha value is -0.910. The highest BCUT2D eigenvalue weighted by Gasteiger charge is 2.21. The van der Waals surface area contributed by atoms with E-state index < -0.39 is 0 Å². The number of carbonyl (C=O) groups is 1. The topological polar surface area (TPSA) is 41.6 Å². The van der Waals surface area contributed by atoms with Gasteiger partial charge in [0.15, 0.2) is 0 Å². The van der Waals surface area contributed by atoms with E-state index >= 15 is 0 Å². The van der Waals surface area contributed by atoms with Crippen LogP contribution in [0.5, 0.6) is 0 Å². The van der Waals surface area contributed by atoms with Gasteiger partial charge in [0.25, 0.3) is 0 Å². The van der Waals surface area contributed by atoms with E-state index in [1.54, 1.807) is 11.3 Å². The zero-order chi connectivity index (χ0) is 12.8. The molecule has 1 aromatic rings. The van der Waals surface area contributed by atoms with Crippen molar-refractivity contribution in [2.75, 3.05) is 34.3 Å². The SMILES string of the molecule is COC(=O)C(NCCN(C)C)c1ccc(C)s1. The van der Waals surface area contributed by atoms with Crippen molar-refractivity contribution in [2.45, 2.75) is 13.0 Å². The Morgan fingerprint density at radius 1 is 1.53 bits per heavy atom. The second-order valence-electron chi connectivity index (χ2n) is 4.16. The van der Waals surface area contributed by atoms with Crippen LogP contribution in [-0.2, 0) is 9.53 Å². The fraction of sp³-hybridized carbons (Fsp3) is 0.583. The van der Waals surface area contributed by atoms with Crippen LogP contribution < -0.4 is 5.32 Å². The van der Waals surface area contributed by atoms with Gasteiger partial charge in [-0.3, -0.25) is 5.32 Å². The minimum absolute atomic E-state index is 0.231. The van der Waals surface area contributed by atoms with Crippen LogP contribution >= 0.6 is 11.3 Å². The number of thiophene rings is 1. The number of hydrogen-bond donors (Lipinski definition) is 1. The van der Waals surface area contributed by atoms with Crippen molar-refractivity contribution in [1.29, 1.82) is 0 Å².